The molecule has 2 aliphatic rings. The van der Waals surface area contributed by atoms with Crippen molar-refractivity contribution in [1.29, 1.82) is 0 Å². The molecule has 4 heterocycles. The number of hydrogen-bond donors (Lipinski definition) is 0. The number of anilines is 1. The Morgan fingerprint density at radius 2 is 1.97 bits per heavy atom. The van der Waals surface area contributed by atoms with E-state index in [1.54, 1.807) is 20.3 Å². The standard InChI is InChI=1S/C18H26N6O4S/c1-13-11-16(28-21-13)14-12-19-18(20-17(14)15-5-4-10-27-15)23-6-8-24(9-7-23)29(25,26)22(2)3/h11-12,15H,4-10H2,1-3H3/t15-/m1/s1. The summed E-state index contributed by atoms with van der Waals surface area (Å²) in [7, 11) is -0.319. The zero-order valence-corrected chi connectivity index (χ0v) is 17.7. The number of nitrogens with zero attached hydrogens (tertiary/aromatic N) is 6. The molecule has 0 aromatic carbocycles. The highest BCUT2D eigenvalue weighted by Gasteiger charge is 2.31. The summed E-state index contributed by atoms with van der Waals surface area (Å²) in [4.78, 5) is 11.4. The van der Waals surface area contributed by atoms with Gasteiger partial charge in [-0.15, -0.1) is 0 Å². The Hall–Kier alpha value is -2.08. The van der Waals surface area contributed by atoms with Crippen LogP contribution in [0.1, 0.15) is 30.3 Å². The third kappa shape index (κ3) is 4.00. The molecule has 0 bridgehead atoms. The number of rotatable bonds is 5. The van der Waals surface area contributed by atoms with Gasteiger partial charge >= 0.3 is 0 Å². The fraction of sp³-hybridized carbons (Fsp3) is 0.611. The molecule has 11 heteroatoms. The predicted octanol–water partition coefficient (Wildman–Crippen LogP) is 1.22. The summed E-state index contributed by atoms with van der Waals surface area (Å²) >= 11 is 0. The fourth-order valence-corrected chi connectivity index (χ4v) is 4.69. The molecule has 0 saturated carbocycles. The van der Waals surface area contributed by atoms with Crippen LogP contribution in [0, 0.1) is 6.92 Å². The van der Waals surface area contributed by atoms with Crippen molar-refractivity contribution in [2.75, 3.05) is 51.8 Å². The van der Waals surface area contributed by atoms with Crippen molar-refractivity contribution in [2.24, 2.45) is 0 Å². The van der Waals surface area contributed by atoms with E-state index >= 15 is 0 Å². The molecule has 0 unspecified atom stereocenters. The van der Waals surface area contributed by atoms with Crippen LogP contribution in [0.4, 0.5) is 5.95 Å². The van der Waals surface area contributed by atoms with E-state index in [0.29, 0.717) is 44.5 Å². The maximum atomic E-state index is 12.3. The normalized spacial score (nSPS) is 21.2. The average Bonchev–Trinajstić information content (AvgIpc) is 3.39. The maximum Gasteiger partial charge on any atom is 0.281 e. The second-order valence-electron chi connectivity index (χ2n) is 7.48. The van der Waals surface area contributed by atoms with E-state index < -0.39 is 10.2 Å². The van der Waals surface area contributed by atoms with Gasteiger partial charge in [0.2, 0.25) is 5.95 Å². The zero-order valence-electron chi connectivity index (χ0n) is 16.9. The van der Waals surface area contributed by atoms with Crippen LogP contribution < -0.4 is 4.90 Å². The van der Waals surface area contributed by atoms with Crippen LogP contribution in [-0.4, -0.2) is 79.0 Å². The monoisotopic (exact) mass is 422 g/mol. The Balaban J connectivity index is 1.58. The number of aromatic nitrogens is 3. The molecular formula is C18H26N6O4S. The van der Waals surface area contributed by atoms with Crippen LogP contribution in [0.2, 0.25) is 0 Å². The number of hydrogen-bond acceptors (Lipinski definition) is 8. The van der Waals surface area contributed by atoms with Crippen LogP contribution >= 0.6 is 0 Å². The van der Waals surface area contributed by atoms with E-state index in [-0.39, 0.29) is 6.10 Å². The van der Waals surface area contributed by atoms with Gasteiger partial charge in [-0.3, -0.25) is 0 Å². The molecule has 4 rings (SSSR count). The molecule has 2 aliphatic heterocycles. The maximum absolute atomic E-state index is 12.3. The summed E-state index contributed by atoms with van der Waals surface area (Å²) < 4.78 is 38.7. The molecule has 0 aliphatic carbocycles. The van der Waals surface area contributed by atoms with Crippen LogP contribution in [0.5, 0.6) is 0 Å². The van der Waals surface area contributed by atoms with E-state index in [2.05, 4.69) is 10.1 Å². The number of piperazine rings is 1. The van der Waals surface area contributed by atoms with Crippen molar-refractivity contribution in [2.45, 2.75) is 25.9 Å². The Morgan fingerprint density at radius 1 is 1.21 bits per heavy atom. The van der Waals surface area contributed by atoms with Crippen LogP contribution in [-0.2, 0) is 14.9 Å². The van der Waals surface area contributed by atoms with Gasteiger partial charge < -0.3 is 14.2 Å². The lowest BCUT2D eigenvalue weighted by atomic mass is 10.1. The van der Waals surface area contributed by atoms with Crippen molar-refractivity contribution in [3.8, 4) is 11.3 Å². The molecule has 0 radical (unpaired) electrons. The van der Waals surface area contributed by atoms with Gasteiger partial charge in [0.25, 0.3) is 10.2 Å². The highest BCUT2D eigenvalue weighted by Crippen LogP contribution is 2.35. The lowest BCUT2D eigenvalue weighted by molar-refractivity contribution is 0.109. The highest BCUT2D eigenvalue weighted by atomic mass is 32.2. The molecule has 10 nitrogen and oxygen atoms in total. The molecule has 0 N–H and O–H groups in total. The largest absolute Gasteiger partial charge is 0.372 e. The minimum absolute atomic E-state index is 0.104. The van der Waals surface area contributed by atoms with Crippen LogP contribution in [0.3, 0.4) is 0 Å². The molecule has 1 atom stereocenters. The molecule has 158 valence electrons. The predicted molar refractivity (Wildman–Crippen MR) is 107 cm³/mol. The van der Waals surface area contributed by atoms with Crippen LogP contribution in [0.15, 0.2) is 16.8 Å². The molecule has 2 aromatic rings. The fourth-order valence-electron chi connectivity index (χ4n) is 3.61. The van der Waals surface area contributed by atoms with Gasteiger partial charge in [-0.1, -0.05) is 5.16 Å². The van der Waals surface area contributed by atoms with Crippen molar-refractivity contribution in [1.82, 2.24) is 23.7 Å². The minimum atomic E-state index is -3.41. The van der Waals surface area contributed by atoms with E-state index in [4.69, 9.17) is 14.2 Å². The molecule has 29 heavy (non-hydrogen) atoms. The third-order valence-corrected chi connectivity index (χ3v) is 7.18. The summed E-state index contributed by atoms with van der Waals surface area (Å²) in [6, 6.07) is 1.86. The summed E-state index contributed by atoms with van der Waals surface area (Å²) in [5.74, 6) is 1.21. The highest BCUT2D eigenvalue weighted by molar-refractivity contribution is 7.86. The van der Waals surface area contributed by atoms with Gasteiger partial charge in [-0.2, -0.15) is 17.0 Å². The van der Waals surface area contributed by atoms with Crippen LogP contribution in [0.25, 0.3) is 11.3 Å². The lowest BCUT2D eigenvalue weighted by Crippen LogP contribution is -2.52. The number of ether oxygens (including phenoxy) is 1. The summed E-state index contributed by atoms with van der Waals surface area (Å²) in [6.45, 7) is 4.41. The molecule has 0 spiro atoms. The number of aryl methyl sites for hydroxylation is 1. The van der Waals surface area contributed by atoms with E-state index in [1.165, 1.54) is 8.61 Å². The minimum Gasteiger partial charge on any atom is -0.372 e. The second-order valence-corrected chi connectivity index (χ2v) is 9.62. The topological polar surface area (TPSA) is 105 Å². The first-order valence-corrected chi connectivity index (χ1v) is 11.1. The van der Waals surface area contributed by atoms with Gasteiger partial charge in [-0.25, -0.2) is 9.97 Å². The smallest absolute Gasteiger partial charge is 0.281 e. The Bertz CT molecular complexity index is 962. The van der Waals surface area contributed by atoms with Gasteiger partial charge in [0.1, 0.15) is 6.10 Å². The van der Waals surface area contributed by atoms with E-state index in [9.17, 15) is 8.42 Å². The second kappa shape index (κ2) is 7.98. The van der Waals surface area contributed by atoms with Crippen molar-refractivity contribution in [3.05, 3.63) is 23.7 Å². The summed E-state index contributed by atoms with van der Waals surface area (Å²) in [5, 5.41) is 3.97. The van der Waals surface area contributed by atoms with Gasteiger partial charge in [0.05, 0.1) is 17.0 Å². The van der Waals surface area contributed by atoms with Crippen molar-refractivity contribution < 1.29 is 17.7 Å². The Labute approximate surface area is 170 Å². The Morgan fingerprint density at radius 3 is 2.55 bits per heavy atom. The van der Waals surface area contributed by atoms with Gasteiger partial charge in [0, 0.05) is 59.1 Å². The summed E-state index contributed by atoms with van der Waals surface area (Å²) in [6.07, 6.45) is 3.53. The molecule has 2 aromatic heterocycles. The Kier molecular flexibility index (Phi) is 5.56. The van der Waals surface area contributed by atoms with E-state index in [1.807, 2.05) is 17.9 Å². The molecule has 0 amide bonds. The third-order valence-electron chi connectivity index (χ3n) is 5.24. The van der Waals surface area contributed by atoms with Gasteiger partial charge in [-0.05, 0) is 19.8 Å². The SMILES string of the molecule is Cc1cc(-c2cnc(N3CCN(S(=O)(=O)N(C)C)CC3)nc2[C@H]2CCCO2)on1. The van der Waals surface area contributed by atoms with E-state index in [0.717, 1.165) is 29.8 Å². The molecular weight excluding hydrogens is 396 g/mol. The molecule has 2 fully saturated rings. The van der Waals surface area contributed by atoms with Gasteiger partial charge in [0.15, 0.2) is 5.76 Å². The summed E-state index contributed by atoms with van der Waals surface area (Å²) in [5.41, 5.74) is 2.38. The first-order chi connectivity index (χ1) is 13.9. The first kappa shape index (κ1) is 20.2. The first-order valence-electron chi connectivity index (χ1n) is 9.71. The quantitative estimate of drug-likeness (QED) is 0.708. The van der Waals surface area contributed by atoms with Crippen molar-refractivity contribution in [3.63, 3.8) is 0 Å². The molecule has 2 saturated heterocycles. The zero-order chi connectivity index (χ0) is 20.6. The lowest BCUT2D eigenvalue weighted by Gasteiger charge is -2.35. The van der Waals surface area contributed by atoms with Crippen molar-refractivity contribution >= 4 is 16.2 Å². The average molecular weight is 423 g/mol.